The lowest BCUT2D eigenvalue weighted by molar-refractivity contribution is -0.136. The quantitative estimate of drug-likeness (QED) is 0.487. The van der Waals surface area contributed by atoms with Crippen LogP contribution in [0.3, 0.4) is 0 Å². The molecule has 0 radical (unpaired) electrons. The highest BCUT2D eigenvalue weighted by Crippen LogP contribution is 2.36. The van der Waals surface area contributed by atoms with Gasteiger partial charge in [0.2, 0.25) is 5.91 Å². The maximum absolute atomic E-state index is 13.1. The van der Waals surface area contributed by atoms with Crippen molar-refractivity contribution in [3.63, 3.8) is 0 Å². The van der Waals surface area contributed by atoms with Gasteiger partial charge < -0.3 is 9.47 Å². The molecule has 0 unspecified atom stereocenters. The number of aromatic nitrogens is 1. The fraction of sp³-hybridized carbons (Fsp3) is 0.296. The van der Waals surface area contributed by atoms with Crippen molar-refractivity contribution in [1.82, 2.24) is 14.4 Å². The van der Waals surface area contributed by atoms with E-state index in [0.717, 1.165) is 58.1 Å². The van der Waals surface area contributed by atoms with Crippen LogP contribution in [0.4, 0.5) is 4.79 Å². The van der Waals surface area contributed by atoms with Gasteiger partial charge in [-0.15, -0.1) is 0 Å². The third-order valence-corrected chi connectivity index (χ3v) is 7.52. The molecule has 0 saturated carbocycles. The van der Waals surface area contributed by atoms with Crippen molar-refractivity contribution in [2.75, 3.05) is 19.6 Å². The van der Waals surface area contributed by atoms with Gasteiger partial charge in [0.25, 0.3) is 11.1 Å². The molecule has 2 aliphatic heterocycles. The maximum atomic E-state index is 13.1. The zero-order valence-electron chi connectivity index (χ0n) is 19.2. The number of thioether (sulfide) groups is 1. The second kappa shape index (κ2) is 9.50. The Labute approximate surface area is 203 Å². The first-order valence-electron chi connectivity index (χ1n) is 11.7. The molecule has 7 heteroatoms. The van der Waals surface area contributed by atoms with Crippen LogP contribution in [-0.2, 0) is 16.1 Å². The summed E-state index contributed by atoms with van der Waals surface area (Å²) in [7, 11) is 0. The molecule has 1 aromatic heterocycles. The van der Waals surface area contributed by atoms with Gasteiger partial charge in [-0.25, -0.2) is 0 Å². The van der Waals surface area contributed by atoms with Crippen LogP contribution >= 0.6 is 11.8 Å². The summed E-state index contributed by atoms with van der Waals surface area (Å²) in [6.07, 6.45) is 4.88. The molecule has 3 aromatic rings. The van der Waals surface area contributed by atoms with E-state index in [1.807, 2.05) is 49.4 Å². The number of piperidine rings is 1. The van der Waals surface area contributed by atoms with Crippen LogP contribution in [-0.4, -0.2) is 51.1 Å². The van der Waals surface area contributed by atoms with Gasteiger partial charge in [-0.2, -0.15) is 0 Å². The summed E-state index contributed by atoms with van der Waals surface area (Å²) < 4.78 is 2.24. The zero-order chi connectivity index (χ0) is 23.7. The second-order valence-corrected chi connectivity index (χ2v) is 9.79. The molecular formula is C27H27N3O3S. The van der Waals surface area contributed by atoms with Crippen LogP contribution in [0.15, 0.2) is 59.5 Å². The average molecular weight is 474 g/mol. The molecule has 5 rings (SSSR count). The van der Waals surface area contributed by atoms with Crippen molar-refractivity contribution in [3.05, 3.63) is 76.3 Å². The summed E-state index contributed by atoms with van der Waals surface area (Å²) in [6.45, 7) is 3.97. The van der Waals surface area contributed by atoms with E-state index in [0.29, 0.717) is 24.5 Å². The fourth-order valence-corrected chi connectivity index (χ4v) is 5.58. The summed E-state index contributed by atoms with van der Waals surface area (Å²) in [4.78, 5) is 41.6. The minimum absolute atomic E-state index is 0.154. The van der Waals surface area contributed by atoms with E-state index in [1.165, 1.54) is 5.56 Å². The summed E-state index contributed by atoms with van der Waals surface area (Å²) >= 11 is 0.914. The monoisotopic (exact) mass is 473 g/mol. The van der Waals surface area contributed by atoms with Crippen LogP contribution in [0, 0.1) is 6.92 Å². The molecule has 3 amide bonds. The SMILES string of the molecule is Cc1c(/C=C2\SC(=O)N(CC(=O)N3CCCCC3)C2=O)c2ccccc2n1Cc1ccccc1. The van der Waals surface area contributed by atoms with E-state index in [9.17, 15) is 14.4 Å². The highest BCUT2D eigenvalue weighted by atomic mass is 32.2. The molecule has 2 aromatic carbocycles. The first-order valence-corrected chi connectivity index (χ1v) is 12.5. The normalized spacial score (nSPS) is 17.9. The van der Waals surface area contributed by atoms with Gasteiger partial charge >= 0.3 is 0 Å². The zero-order valence-corrected chi connectivity index (χ0v) is 20.0. The highest BCUT2D eigenvalue weighted by molar-refractivity contribution is 8.18. The molecule has 0 N–H and O–H groups in total. The summed E-state index contributed by atoms with van der Waals surface area (Å²) in [5.41, 5.74) is 4.23. The lowest BCUT2D eigenvalue weighted by Gasteiger charge is -2.27. The minimum Gasteiger partial charge on any atom is -0.341 e. The average Bonchev–Trinajstić information content (AvgIpc) is 3.28. The smallest absolute Gasteiger partial charge is 0.294 e. The molecule has 0 spiro atoms. The van der Waals surface area contributed by atoms with E-state index in [4.69, 9.17) is 0 Å². The molecule has 0 aliphatic carbocycles. The van der Waals surface area contributed by atoms with E-state index in [-0.39, 0.29) is 23.6 Å². The molecule has 3 heterocycles. The number of likely N-dealkylation sites (tertiary alicyclic amines) is 1. The molecule has 6 nitrogen and oxygen atoms in total. The number of para-hydroxylation sites is 1. The third-order valence-electron chi connectivity index (χ3n) is 6.61. The van der Waals surface area contributed by atoms with Crippen molar-refractivity contribution in [2.24, 2.45) is 0 Å². The van der Waals surface area contributed by atoms with Crippen molar-refractivity contribution in [1.29, 1.82) is 0 Å². The Morgan fingerprint density at radius 3 is 2.44 bits per heavy atom. The Hall–Kier alpha value is -3.32. The molecule has 2 aliphatic rings. The Balaban J connectivity index is 1.44. The van der Waals surface area contributed by atoms with E-state index in [1.54, 1.807) is 4.90 Å². The van der Waals surface area contributed by atoms with Gasteiger partial charge in [0.15, 0.2) is 0 Å². The number of hydrogen-bond acceptors (Lipinski definition) is 4. The third kappa shape index (κ3) is 4.28. The number of amides is 3. The largest absolute Gasteiger partial charge is 0.341 e. The van der Waals surface area contributed by atoms with E-state index in [2.05, 4.69) is 22.8 Å². The number of rotatable bonds is 5. The Bertz CT molecular complexity index is 1290. The standard InChI is InChI=1S/C27H27N3O3S/c1-19-22(21-12-6-7-13-23(21)29(19)17-20-10-4-2-5-11-20)16-24-26(32)30(27(33)34-24)18-25(31)28-14-8-3-9-15-28/h2,4-7,10-13,16H,3,8-9,14-15,17-18H2,1H3/b24-16-. The highest BCUT2D eigenvalue weighted by Gasteiger charge is 2.37. The number of hydrogen-bond donors (Lipinski definition) is 0. The van der Waals surface area contributed by atoms with Gasteiger partial charge in [0.05, 0.1) is 4.91 Å². The van der Waals surface area contributed by atoms with Crippen LogP contribution in [0.25, 0.3) is 17.0 Å². The molecule has 0 bridgehead atoms. The topological polar surface area (TPSA) is 62.6 Å². The molecular weight excluding hydrogens is 446 g/mol. The van der Waals surface area contributed by atoms with E-state index >= 15 is 0 Å². The first kappa shape index (κ1) is 22.5. The lowest BCUT2D eigenvalue weighted by atomic mass is 10.1. The van der Waals surface area contributed by atoms with Crippen LogP contribution in [0.2, 0.25) is 0 Å². The number of fused-ring (bicyclic) bond motifs is 1. The number of nitrogens with zero attached hydrogens (tertiary/aromatic N) is 3. The summed E-state index contributed by atoms with van der Waals surface area (Å²) in [5.74, 6) is -0.543. The lowest BCUT2D eigenvalue weighted by Crippen LogP contribution is -2.44. The Kier molecular flexibility index (Phi) is 6.28. The fourth-order valence-electron chi connectivity index (χ4n) is 4.76. The van der Waals surface area contributed by atoms with Crippen LogP contribution < -0.4 is 0 Å². The maximum Gasteiger partial charge on any atom is 0.294 e. The van der Waals surface area contributed by atoms with Crippen molar-refractivity contribution in [3.8, 4) is 0 Å². The van der Waals surface area contributed by atoms with Gasteiger partial charge in [-0.3, -0.25) is 19.3 Å². The summed E-state index contributed by atoms with van der Waals surface area (Å²) in [6, 6.07) is 18.4. The molecule has 34 heavy (non-hydrogen) atoms. The van der Waals surface area contributed by atoms with Crippen molar-refractivity contribution in [2.45, 2.75) is 32.7 Å². The number of carbonyl (C=O) groups excluding carboxylic acids is 3. The second-order valence-electron chi connectivity index (χ2n) is 8.80. The number of benzene rings is 2. The summed E-state index contributed by atoms with van der Waals surface area (Å²) in [5, 5.41) is 0.652. The minimum atomic E-state index is -0.389. The van der Waals surface area contributed by atoms with E-state index < -0.39 is 0 Å². The van der Waals surface area contributed by atoms with Gasteiger partial charge in [0, 0.05) is 41.8 Å². The number of imide groups is 1. The van der Waals surface area contributed by atoms with Crippen molar-refractivity contribution < 1.29 is 14.4 Å². The van der Waals surface area contributed by atoms with Gasteiger partial charge in [0.1, 0.15) is 6.54 Å². The molecule has 0 atom stereocenters. The van der Waals surface area contributed by atoms with Crippen LogP contribution in [0.5, 0.6) is 0 Å². The predicted octanol–water partition coefficient (Wildman–Crippen LogP) is 5.05. The number of carbonyl (C=O) groups is 3. The molecule has 2 saturated heterocycles. The van der Waals surface area contributed by atoms with Gasteiger partial charge in [-0.1, -0.05) is 48.5 Å². The Morgan fingerprint density at radius 1 is 0.971 bits per heavy atom. The first-order chi connectivity index (χ1) is 16.5. The predicted molar refractivity (Wildman–Crippen MR) is 135 cm³/mol. The Morgan fingerprint density at radius 2 is 1.68 bits per heavy atom. The molecule has 2 fully saturated rings. The molecule has 174 valence electrons. The van der Waals surface area contributed by atoms with Gasteiger partial charge in [-0.05, 0) is 55.7 Å². The van der Waals surface area contributed by atoms with Crippen molar-refractivity contribution >= 4 is 45.8 Å². The van der Waals surface area contributed by atoms with Crippen LogP contribution in [0.1, 0.15) is 36.1 Å².